The second-order valence-corrected chi connectivity index (χ2v) is 6.35. The van der Waals surface area contributed by atoms with Crippen LogP contribution in [0.4, 0.5) is 4.39 Å². The Labute approximate surface area is 144 Å². The molecule has 3 atom stereocenters. The van der Waals surface area contributed by atoms with Gasteiger partial charge in [-0.2, -0.15) is 4.57 Å². The van der Waals surface area contributed by atoms with Gasteiger partial charge in [0.25, 0.3) is 0 Å². The molecule has 0 radical (unpaired) electrons. The first-order chi connectivity index (χ1) is 11.4. The van der Waals surface area contributed by atoms with Gasteiger partial charge < -0.3 is 10.4 Å². The zero-order valence-electron chi connectivity index (χ0n) is 13.0. The van der Waals surface area contributed by atoms with Crippen molar-refractivity contribution in [3.05, 3.63) is 71.8 Å². The molecule has 0 bridgehead atoms. The third-order valence-corrected chi connectivity index (χ3v) is 4.56. The zero-order chi connectivity index (χ0) is 17.3. The minimum absolute atomic E-state index is 0.275. The van der Waals surface area contributed by atoms with Crippen LogP contribution in [-0.4, -0.2) is 21.7 Å². The largest absolute Gasteiger partial charge is 0.366 e. The number of halogens is 1. The molecule has 1 fully saturated rings. The summed E-state index contributed by atoms with van der Waals surface area (Å²) in [5.74, 6) is 1.63. The van der Waals surface area contributed by atoms with Crippen molar-refractivity contribution >= 4 is 23.1 Å². The molecule has 0 amide bonds. The second-order valence-electron chi connectivity index (χ2n) is 5.94. The number of pyridine rings is 1. The van der Waals surface area contributed by atoms with Gasteiger partial charge in [-0.05, 0) is 30.5 Å². The molecular formula is C18H17FN3OS+. The van der Waals surface area contributed by atoms with E-state index < -0.39 is 17.7 Å². The molecule has 3 N–H and O–H groups in total. The maximum atomic E-state index is 13.3. The predicted molar refractivity (Wildman–Crippen MR) is 92.4 cm³/mol. The smallest absolute Gasteiger partial charge is 0.216 e. The van der Waals surface area contributed by atoms with E-state index in [-0.39, 0.29) is 10.8 Å². The van der Waals surface area contributed by atoms with Gasteiger partial charge in [-0.3, -0.25) is 5.41 Å². The number of hydrogen-bond donors (Lipinski definition) is 3. The first-order valence-electron chi connectivity index (χ1n) is 7.50. The van der Waals surface area contributed by atoms with Gasteiger partial charge >= 0.3 is 0 Å². The van der Waals surface area contributed by atoms with Crippen LogP contribution < -0.4 is 9.88 Å². The van der Waals surface area contributed by atoms with E-state index in [1.54, 1.807) is 19.1 Å². The number of piperidine rings is 1. The average molecular weight is 342 g/mol. The zero-order valence-corrected chi connectivity index (χ0v) is 13.8. The number of thiocarbonyl (C=S) groups is 1. The molecule has 1 aromatic carbocycles. The first-order valence-corrected chi connectivity index (χ1v) is 7.90. The predicted octanol–water partition coefficient (Wildman–Crippen LogP) is 2.25. The number of aromatic nitrogens is 1. The summed E-state index contributed by atoms with van der Waals surface area (Å²) in [6.07, 6.45) is 3.68. The van der Waals surface area contributed by atoms with Crippen molar-refractivity contribution in [1.82, 2.24) is 5.32 Å². The molecule has 0 saturated carbocycles. The van der Waals surface area contributed by atoms with Crippen LogP contribution in [0.3, 0.4) is 0 Å². The summed E-state index contributed by atoms with van der Waals surface area (Å²) in [6.45, 7) is 1.64. The van der Waals surface area contributed by atoms with E-state index in [4.69, 9.17) is 17.6 Å². The fourth-order valence-electron chi connectivity index (χ4n) is 3.21. The molecule has 2 aromatic rings. The Hall–Kier alpha value is -2.40. The molecule has 1 saturated heterocycles. The van der Waals surface area contributed by atoms with Crippen molar-refractivity contribution in [2.24, 2.45) is 0 Å². The highest BCUT2D eigenvalue weighted by Gasteiger charge is 2.52. The van der Waals surface area contributed by atoms with E-state index in [0.717, 1.165) is 5.56 Å². The number of hydrogen-bond acceptors (Lipinski definition) is 3. The Kier molecular flexibility index (Phi) is 4.28. The van der Waals surface area contributed by atoms with Crippen molar-refractivity contribution in [3.8, 4) is 0 Å². The fourth-order valence-corrected chi connectivity index (χ4v) is 3.59. The molecule has 6 heteroatoms. The summed E-state index contributed by atoms with van der Waals surface area (Å²) in [7, 11) is 0. The van der Waals surface area contributed by atoms with E-state index >= 15 is 0 Å². The first kappa shape index (κ1) is 16.5. The van der Waals surface area contributed by atoms with E-state index in [1.165, 1.54) is 12.1 Å². The Morgan fingerprint density at radius 3 is 2.46 bits per heavy atom. The number of aliphatic hydroxyl groups is 1. The van der Waals surface area contributed by atoms with Gasteiger partial charge in [0, 0.05) is 12.1 Å². The summed E-state index contributed by atoms with van der Waals surface area (Å²) >= 11 is 5.31. The van der Waals surface area contributed by atoms with Crippen LogP contribution in [0.15, 0.2) is 60.4 Å². The van der Waals surface area contributed by atoms with Crippen LogP contribution in [0.5, 0.6) is 0 Å². The van der Waals surface area contributed by atoms with Crippen LogP contribution >= 0.6 is 12.2 Å². The fraction of sp³-hybridized carbons (Fsp3) is 0.222. The quantitative estimate of drug-likeness (QED) is 0.340. The molecule has 24 heavy (non-hydrogen) atoms. The van der Waals surface area contributed by atoms with Crippen LogP contribution in [-0.2, 0) is 0 Å². The van der Waals surface area contributed by atoms with Crippen LogP contribution in [0, 0.1) is 11.2 Å². The molecule has 122 valence electrons. The number of rotatable bonds is 2. The third kappa shape index (κ3) is 2.87. The summed E-state index contributed by atoms with van der Waals surface area (Å²) < 4.78 is 15.2. The number of nitrogens with zero attached hydrogens (tertiary/aromatic N) is 1. The summed E-state index contributed by atoms with van der Waals surface area (Å²) in [6, 6.07) is 11.1. The topological polar surface area (TPSA) is 60.0 Å². The van der Waals surface area contributed by atoms with E-state index in [9.17, 15) is 9.50 Å². The van der Waals surface area contributed by atoms with E-state index in [2.05, 4.69) is 11.2 Å². The normalized spacial score (nSPS) is 26.6. The van der Waals surface area contributed by atoms with Gasteiger partial charge in [0.2, 0.25) is 6.04 Å². The van der Waals surface area contributed by atoms with Gasteiger partial charge in [-0.25, -0.2) is 4.39 Å². The van der Waals surface area contributed by atoms with Gasteiger partial charge in [-0.1, -0.05) is 30.4 Å². The van der Waals surface area contributed by atoms with Crippen LogP contribution in [0.1, 0.15) is 24.4 Å². The highest BCUT2D eigenvalue weighted by molar-refractivity contribution is 7.80. The maximum Gasteiger partial charge on any atom is 0.216 e. The lowest BCUT2D eigenvalue weighted by atomic mass is 9.77. The molecule has 1 aliphatic rings. The summed E-state index contributed by atoms with van der Waals surface area (Å²) in [5, 5.41) is 21.5. The average Bonchev–Trinajstić information content (AvgIpc) is 2.55. The molecular weight excluding hydrogens is 325 g/mol. The molecule has 1 aliphatic heterocycles. The molecule has 3 rings (SSSR count). The highest BCUT2D eigenvalue weighted by atomic mass is 32.1. The van der Waals surface area contributed by atoms with Gasteiger partial charge in [0.05, 0.1) is 11.5 Å². The molecule has 4 nitrogen and oxygen atoms in total. The van der Waals surface area contributed by atoms with Gasteiger partial charge in [0.1, 0.15) is 10.8 Å². The van der Waals surface area contributed by atoms with E-state index in [0.29, 0.717) is 5.57 Å². The van der Waals surface area contributed by atoms with Gasteiger partial charge in [-0.15, -0.1) is 0 Å². The van der Waals surface area contributed by atoms with Crippen molar-refractivity contribution in [3.63, 3.8) is 0 Å². The molecule has 0 spiro atoms. The lowest BCUT2D eigenvalue weighted by Gasteiger charge is -2.40. The Morgan fingerprint density at radius 2 is 1.88 bits per heavy atom. The minimum atomic E-state index is -1.34. The molecule has 1 aromatic heterocycles. The SMILES string of the molecule is C[C@]1(O)NC(=S)C(=C=N)[C@H](c2ccc(F)cc2)[C@H]1[n+]1ccccc1. The van der Waals surface area contributed by atoms with Crippen molar-refractivity contribution < 1.29 is 14.1 Å². The number of benzene rings is 1. The lowest BCUT2D eigenvalue weighted by molar-refractivity contribution is -0.740. The summed E-state index contributed by atoms with van der Waals surface area (Å²) in [5.41, 5.74) is -0.121. The van der Waals surface area contributed by atoms with Crippen LogP contribution in [0.2, 0.25) is 0 Å². The van der Waals surface area contributed by atoms with Crippen molar-refractivity contribution in [2.45, 2.75) is 24.6 Å². The molecule has 0 aliphatic carbocycles. The monoisotopic (exact) mass is 342 g/mol. The van der Waals surface area contributed by atoms with Crippen molar-refractivity contribution in [1.29, 1.82) is 5.41 Å². The summed E-state index contributed by atoms with van der Waals surface area (Å²) in [4.78, 5) is 0.275. The Bertz CT molecular complexity index is 814. The third-order valence-electron chi connectivity index (χ3n) is 4.24. The molecule has 0 unspecified atom stereocenters. The second kappa shape index (κ2) is 6.24. The number of nitrogens with one attached hydrogen (secondary N) is 2. The highest BCUT2D eigenvalue weighted by Crippen LogP contribution is 2.40. The van der Waals surface area contributed by atoms with Gasteiger partial charge in [0.15, 0.2) is 18.1 Å². The maximum absolute atomic E-state index is 13.3. The molecule has 2 heterocycles. The minimum Gasteiger partial charge on any atom is -0.366 e. The Morgan fingerprint density at radius 1 is 1.25 bits per heavy atom. The van der Waals surface area contributed by atoms with E-state index in [1.807, 2.05) is 35.2 Å². The Balaban J connectivity index is 2.21. The van der Waals surface area contributed by atoms with Crippen molar-refractivity contribution in [2.75, 3.05) is 0 Å². The standard InChI is InChI=1S/C18H16FN3OS/c1-18(23)16(22-9-3-2-4-10-22)15(14(11-20)17(24)21-18)12-5-7-13(19)8-6-12/h2-10,15-16,20,23H,1H3/p+1/t15-,16+,18+/m0/s1. The van der Waals surface area contributed by atoms with Crippen LogP contribution in [0.25, 0.3) is 0 Å². The lowest BCUT2D eigenvalue weighted by Crippen LogP contribution is -2.65.